The number of unbranched alkanes of at least 4 members (excludes halogenated alkanes) is 14. The first kappa shape index (κ1) is 29.2. The summed E-state index contributed by atoms with van der Waals surface area (Å²) in [6, 6.07) is 0. The summed E-state index contributed by atoms with van der Waals surface area (Å²) in [5.74, 6) is 0.591. The zero-order valence-electron chi connectivity index (χ0n) is 21.1. The van der Waals surface area contributed by atoms with Gasteiger partial charge in [-0.2, -0.15) is 0 Å². The molecule has 2 nitrogen and oxygen atoms in total. The lowest BCUT2D eigenvalue weighted by molar-refractivity contribution is -0.139. The monoisotopic (exact) mass is 422 g/mol. The first-order valence-corrected chi connectivity index (χ1v) is 13.5. The lowest BCUT2D eigenvalue weighted by Gasteiger charge is -2.12. The van der Waals surface area contributed by atoms with E-state index in [-0.39, 0.29) is 5.97 Å². The highest BCUT2D eigenvalue weighted by molar-refractivity contribution is 5.87. The zero-order chi connectivity index (χ0) is 22.3. The first-order chi connectivity index (χ1) is 14.7. The molecule has 0 aliphatic carbocycles. The van der Waals surface area contributed by atoms with Crippen LogP contribution in [-0.4, -0.2) is 12.6 Å². The van der Waals surface area contributed by atoms with E-state index in [0.717, 1.165) is 18.4 Å². The maximum Gasteiger partial charge on any atom is 0.333 e. The fraction of sp³-hybridized carbons (Fsp3) is 0.893. The predicted octanol–water partition coefficient (Wildman–Crippen LogP) is 9.56. The molecule has 0 aliphatic rings. The largest absolute Gasteiger partial charge is 0.462 e. The first-order valence-electron chi connectivity index (χ1n) is 13.5. The van der Waals surface area contributed by atoms with Crippen LogP contribution < -0.4 is 0 Å². The minimum absolute atomic E-state index is 0.116. The Balaban J connectivity index is 3.50. The predicted molar refractivity (Wildman–Crippen MR) is 133 cm³/mol. The van der Waals surface area contributed by atoms with Crippen molar-refractivity contribution >= 4 is 5.97 Å². The molecule has 0 bridgehead atoms. The molecule has 0 heterocycles. The average molecular weight is 423 g/mol. The minimum Gasteiger partial charge on any atom is -0.462 e. The Morgan fingerprint density at radius 1 is 0.700 bits per heavy atom. The second-order valence-corrected chi connectivity index (χ2v) is 9.27. The van der Waals surface area contributed by atoms with Crippen LogP contribution in [0.3, 0.4) is 0 Å². The van der Waals surface area contributed by atoms with Crippen LogP contribution in [0.4, 0.5) is 0 Å². The van der Waals surface area contributed by atoms with Crippen LogP contribution in [0.15, 0.2) is 11.6 Å². The number of rotatable bonds is 22. The summed E-state index contributed by atoms with van der Waals surface area (Å²) in [4.78, 5) is 12.1. The van der Waals surface area contributed by atoms with E-state index in [2.05, 4.69) is 26.8 Å². The average Bonchev–Trinajstić information content (AvgIpc) is 2.76. The van der Waals surface area contributed by atoms with Gasteiger partial charge in [-0.05, 0) is 25.7 Å². The topological polar surface area (TPSA) is 26.3 Å². The molecular weight excluding hydrogens is 368 g/mol. The van der Waals surface area contributed by atoms with E-state index in [0.29, 0.717) is 12.5 Å². The van der Waals surface area contributed by atoms with Crippen LogP contribution in [-0.2, 0) is 9.53 Å². The van der Waals surface area contributed by atoms with E-state index in [9.17, 15) is 4.79 Å². The molecule has 178 valence electrons. The van der Waals surface area contributed by atoms with Crippen molar-refractivity contribution in [3.8, 4) is 0 Å². The zero-order valence-corrected chi connectivity index (χ0v) is 21.1. The Kier molecular flexibility index (Phi) is 22.3. The third-order valence-corrected chi connectivity index (χ3v) is 6.35. The summed E-state index contributed by atoms with van der Waals surface area (Å²) in [7, 11) is 0. The third-order valence-electron chi connectivity index (χ3n) is 6.35. The van der Waals surface area contributed by atoms with Crippen molar-refractivity contribution in [2.24, 2.45) is 5.92 Å². The minimum atomic E-state index is -0.116. The summed E-state index contributed by atoms with van der Waals surface area (Å²) in [5, 5.41) is 0. The summed E-state index contributed by atoms with van der Waals surface area (Å²) in [6.07, 6.45) is 27.0. The van der Waals surface area contributed by atoms with Gasteiger partial charge in [-0.25, -0.2) is 4.79 Å². The molecule has 0 amide bonds. The molecule has 0 saturated heterocycles. The number of hydrogen-bond donors (Lipinski definition) is 0. The van der Waals surface area contributed by atoms with Crippen molar-refractivity contribution in [3.05, 3.63) is 11.6 Å². The van der Waals surface area contributed by atoms with Crippen molar-refractivity contribution in [1.29, 1.82) is 0 Å². The quantitative estimate of drug-likeness (QED) is 0.0985. The van der Waals surface area contributed by atoms with Gasteiger partial charge in [0.05, 0.1) is 6.61 Å². The molecular formula is C28H54O2. The summed E-state index contributed by atoms with van der Waals surface area (Å²) in [5.41, 5.74) is 0.787. The van der Waals surface area contributed by atoms with Gasteiger partial charge >= 0.3 is 5.97 Å². The van der Waals surface area contributed by atoms with Gasteiger partial charge in [0.15, 0.2) is 0 Å². The number of hydrogen-bond acceptors (Lipinski definition) is 2. The summed E-state index contributed by atoms with van der Waals surface area (Å²) >= 11 is 0. The van der Waals surface area contributed by atoms with Crippen molar-refractivity contribution in [2.45, 2.75) is 150 Å². The van der Waals surface area contributed by atoms with Crippen LogP contribution in [0.2, 0.25) is 0 Å². The molecule has 0 N–H and O–H groups in total. The van der Waals surface area contributed by atoms with Gasteiger partial charge in [-0.1, -0.05) is 136 Å². The van der Waals surface area contributed by atoms with E-state index in [1.807, 2.05) is 6.92 Å². The molecule has 0 aromatic carbocycles. The second-order valence-electron chi connectivity index (χ2n) is 9.27. The smallest absolute Gasteiger partial charge is 0.333 e. The van der Waals surface area contributed by atoms with E-state index >= 15 is 0 Å². The summed E-state index contributed by atoms with van der Waals surface area (Å²) in [6.45, 7) is 9.25. The molecule has 0 rings (SSSR count). The summed E-state index contributed by atoms with van der Waals surface area (Å²) < 4.78 is 5.45. The number of carbonyl (C=O) groups is 1. The van der Waals surface area contributed by atoms with Gasteiger partial charge in [0.2, 0.25) is 0 Å². The van der Waals surface area contributed by atoms with Crippen LogP contribution in [0, 0.1) is 5.92 Å². The number of carbonyl (C=O) groups excluding carboxylic acids is 1. The SMILES string of the molecule is CCCCCCCCCCCCCCCCOC(=O)C(C)=CCC(CC)CCCC. The van der Waals surface area contributed by atoms with Gasteiger partial charge in [-0.15, -0.1) is 0 Å². The molecule has 0 aliphatic heterocycles. The van der Waals surface area contributed by atoms with Crippen molar-refractivity contribution in [2.75, 3.05) is 6.61 Å². The Morgan fingerprint density at radius 3 is 1.63 bits per heavy atom. The van der Waals surface area contributed by atoms with E-state index in [4.69, 9.17) is 4.74 Å². The lowest BCUT2D eigenvalue weighted by atomic mass is 9.95. The molecule has 0 radical (unpaired) electrons. The Morgan fingerprint density at radius 2 is 1.17 bits per heavy atom. The fourth-order valence-electron chi connectivity index (χ4n) is 3.98. The number of ether oxygens (including phenoxy) is 1. The van der Waals surface area contributed by atoms with Gasteiger partial charge in [0, 0.05) is 5.57 Å². The lowest BCUT2D eigenvalue weighted by Crippen LogP contribution is -2.08. The van der Waals surface area contributed by atoms with Crippen molar-refractivity contribution < 1.29 is 9.53 Å². The second kappa shape index (κ2) is 22.9. The molecule has 2 heteroatoms. The Labute approximate surface area is 189 Å². The van der Waals surface area contributed by atoms with Crippen LogP contribution >= 0.6 is 0 Å². The molecule has 0 fully saturated rings. The molecule has 1 atom stereocenters. The van der Waals surface area contributed by atoms with Gasteiger partial charge < -0.3 is 4.74 Å². The molecule has 0 aromatic heterocycles. The normalized spacial score (nSPS) is 12.9. The Hall–Kier alpha value is -0.790. The maximum absolute atomic E-state index is 12.1. The number of allylic oxidation sites excluding steroid dienone is 1. The van der Waals surface area contributed by atoms with Crippen molar-refractivity contribution in [3.63, 3.8) is 0 Å². The van der Waals surface area contributed by atoms with Crippen LogP contribution in [0.25, 0.3) is 0 Å². The molecule has 0 aromatic rings. The van der Waals surface area contributed by atoms with Gasteiger partial charge in [0.1, 0.15) is 0 Å². The molecule has 30 heavy (non-hydrogen) atoms. The van der Waals surface area contributed by atoms with Crippen LogP contribution in [0.5, 0.6) is 0 Å². The third kappa shape index (κ3) is 19.2. The van der Waals surface area contributed by atoms with E-state index in [1.165, 1.54) is 109 Å². The molecule has 1 unspecified atom stereocenters. The highest BCUT2D eigenvalue weighted by Crippen LogP contribution is 2.18. The Bertz CT molecular complexity index is 399. The van der Waals surface area contributed by atoms with Crippen molar-refractivity contribution in [1.82, 2.24) is 0 Å². The van der Waals surface area contributed by atoms with Crippen LogP contribution in [0.1, 0.15) is 150 Å². The number of esters is 1. The highest BCUT2D eigenvalue weighted by Gasteiger charge is 2.08. The van der Waals surface area contributed by atoms with E-state index < -0.39 is 0 Å². The van der Waals surface area contributed by atoms with E-state index in [1.54, 1.807) is 0 Å². The maximum atomic E-state index is 12.1. The molecule has 0 spiro atoms. The highest BCUT2D eigenvalue weighted by atomic mass is 16.5. The fourth-order valence-corrected chi connectivity index (χ4v) is 3.98. The van der Waals surface area contributed by atoms with Gasteiger partial charge in [-0.3, -0.25) is 0 Å². The standard InChI is InChI=1S/C28H54O2/c1-5-8-10-11-12-13-14-15-16-17-18-19-20-21-25-30-28(29)26(4)23-24-27(7-3)22-9-6-2/h23,27H,5-22,24-25H2,1-4H3. The molecule has 0 saturated carbocycles. The van der Waals surface area contributed by atoms with Gasteiger partial charge in [0.25, 0.3) is 0 Å².